The Morgan fingerprint density at radius 1 is 1.13 bits per heavy atom. The largest absolute Gasteiger partial charge is 0.434 e. The van der Waals surface area contributed by atoms with Gasteiger partial charge in [0.2, 0.25) is 0 Å². The first-order valence-electron chi connectivity index (χ1n) is 9.91. The molecule has 4 aromatic rings. The molecule has 1 fully saturated rings. The number of nitrogens with zero attached hydrogens (tertiary/aromatic N) is 7. The number of imidazole rings is 1. The maximum atomic E-state index is 13.1. The number of hydrogen-bond acceptors (Lipinski definition) is 6. The van der Waals surface area contributed by atoms with Gasteiger partial charge >= 0.3 is 6.18 Å². The molecule has 5 heterocycles. The van der Waals surface area contributed by atoms with E-state index in [0.717, 1.165) is 43.2 Å². The van der Waals surface area contributed by atoms with Gasteiger partial charge in [-0.15, -0.1) is 0 Å². The van der Waals surface area contributed by atoms with Crippen LogP contribution in [0.3, 0.4) is 0 Å². The molecule has 1 saturated heterocycles. The highest BCUT2D eigenvalue weighted by molar-refractivity contribution is 5.58. The molecule has 0 aliphatic carbocycles. The zero-order valence-corrected chi connectivity index (χ0v) is 16.6. The SMILES string of the molecule is CC1C(c2cn[nH]c2)CCCN1c1ccnc(-c2cnc3cnc(C(F)(F)F)cn23)n1. The Balaban J connectivity index is 1.51. The number of nitrogens with one attached hydrogen (secondary N) is 1. The molecule has 1 N–H and O–H groups in total. The van der Waals surface area contributed by atoms with Crippen molar-refractivity contribution in [1.82, 2.24) is 34.5 Å². The highest BCUT2D eigenvalue weighted by atomic mass is 19.4. The summed E-state index contributed by atoms with van der Waals surface area (Å²) in [5.74, 6) is 1.34. The second kappa shape index (κ2) is 7.33. The van der Waals surface area contributed by atoms with Crippen molar-refractivity contribution in [2.24, 2.45) is 0 Å². The third kappa shape index (κ3) is 3.49. The first-order valence-corrected chi connectivity index (χ1v) is 9.91. The Hall–Kier alpha value is -3.50. The molecule has 4 aromatic heterocycles. The van der Waals surface area contributed by atoms with Gasteiger partial charge in [-0.25, -0.2) is 19.9 Å². The summed E-state index contributed by atoms with van der Waals surface area (Å²) in [6.45, 7) is 2.98. The summed E-state index contributed by atoms with van der Waals surface area (Å²) in [6.07, 6.45) is 6.36. The molecule has 1 aliphatic heterocycles. The minimum atomic E-state index is -4.55. The smallest absolute Gasteiger partial charge is 0.353 e. The predicted molar refractivity (Wildman–Crippen MR) is 106 cm³/mol. The fraction of sp³-hybridized carbons (Fsp3) is 0.350. The predicted octanol–water partition coefficient (Wildman–Crippen LogP) is 3.70. The topological polar surface area (TPSA) is 87.9 Å². The van der Waals surface area contributed by atoms with Gasteiger partial charge in [0.15, 0.2) is 17.2 Å². The van der Waals surface area contributed by atoms with Crippen LogP contribution in [0.4, 0.5) is 19.0 Å². The van der Waals surface area contributed by atoms with Gasteiger partial charge in [0.05, 0.1) is 18.6 Å². The molecule has 8 nitrogen and oxygen atoms in total. The first-order chi connectivity index (χ1) is 14.9. The van der Waals surface area contributed by atoms with E-state index in [4.69, 9.17) is 0 Å². The maximum Gasteiger partial charge on any atom is 0.434 e. The molecule has 1 aliphatic rings. The molecule has 2 unspecified atom stereocenters. The zero-order valence-electron chi connectivity index (χ0n) is 16.6. The van der Waals surface area contributed by atoms with Crippen LogP contribution in [-0.2, 0) is 6.18 Å². The van der Waals surface area contributed by atoms with Crippen LogP contribution in [0.5, 0.6) is 0 Å². The number of halogens is 3. The van der Waals surface area contributed by atoms with Crippen LogP contribution in [0.15, 0.2) is 43.2 Å². The minimum absolute atomic E-state index is 0.178. The van der Waals surface area contributed by atoms with Gasteiger partial charge in [0.25, 0.3) is 0 Å². The molecule has 2 atom stereocenters. The Kier molecular flexibility index (Phi) is 4.60. The molecule has 0 radical (unpaired) electrons. The normalized spacial score (nSPS) is 19.8. The summed E-state index contributed by atoms with van der Waals surface area (Å²) in [5, 5.41) is 6.94. The van der Waals surface area contributed by atoms with Crippen LogP contribution >= 0.6 is 0 Å². The average Bonchev–Trinajstić information content (AvgIpc) is 3.43. The number of H-pyrrole nitrogens is 1. The number of fused-ring (bicyclic) bond motifs is 1. The summed E-state index contributed by atoms with van der Waals surface area (Å²) in [4.78, 5) is 18.8. The van der Waals surface area contributed by atoms with E-state index in [9.17, 15) is 13.2 Å². The van der Waals surface area contributed by atoms with E-state index < -0.39 is 11.9 Å². The number of alkyl halides is 3. The molecule has 0 amide bonds. The van der Waals surface area contributed by atoms with Crippen LogP contribution in [0.1, 0.15) is 36.9 Å². The van der Waals surface area contributed by atoms with Crippen LogP contribution in [-0.4, -0.2) is 47.1 Å². The fourth-order valence-corrected chi connectivity index (χ4v) is 4.21. The molecule has 0 spiro atoms. The quantitative estimate of drug-likeness (QED) is 0.535. The van der Waals surface area contributed by atoms with Crippen LogP contribution < -0.4 is 4.90 Å². The Bertz CT molecular complexity index is 1200. The Labute approximate surface area is 175 Å². The van der Waals surface area contributed by atoms with Crippen molar-refractivity contribution in [2.45, 2.75) is 37.9 Å². The van der Waals surface area contributed by atoms with Crippen molar-refractivity contribution < 1.29 is 13.2 Å². The Morgan fingerprint density at radius 2 is 2.00 bits per heavy atom. The van der Waals surface area contributed by atoms with Crippen LogP contribution in [0, 0.1) is 0 Å². The van der Waals surface area contributed by atoms with E-state index in [1.807, 2.05) is 18.5 Å². The number of rotatable bonds is 3. The lowest BCUT2D eigenvalue weighted by Gasteiger charge is -2.40. The molecule has 31 heavy (non-hydrogen) atoms. The van der Waals surface area contributed by atoms with Crippen molar-refractivity contribution in [3.63, 3.8) is 0 Å². The van der Waals surface area contributed by atoms with Gasteiger partial charge in [0.1, 0.15) is 11.5 Å². The molecule has 0 saturated carbocycles. The van der Waals surface area contributed by atoms with Crippen LogP contribution in [0.2, 0.25) is 0 Å². The third-order valence-electron chi connectivity index (χ3n) is 5.79. The molecular weight excluding hydrogens is 409 g/mol. The third-order valence-corrected chi connectivity index (χ3v) is 5.79. The number of aromatic amines is 1. The first kappa shape index (κ1) is 19.5. The van der Waals surface area contributed by atoms with Gasteiger partial charge in [-0.05, 0) is 31.4 Å². The van der Waals surface area contributed by atoms with E-state index >= 15 is 0 Å². The highest BCUT2D eigenvalue weighted by Gasteiger charge is 2.33. The van der Waals surface area contributed by atoms with Crippen molar-refractivity contribution in [3.8, 4) is 11.5 Å². The lowest BCUT2D eigenvalue weighted by molar-refractivity contribution is -0.141. The van der Waals surface area contributed by atoms with Gasteiger partial charge in [-0.2, -0.15) is 18.3 Å². The second-order valence-corrected chi connectivity index (χ2v) is 7.59. The summed E-state index contributed by atoms with van der Waals surface area (Å²) < 4.78 is 40.7. The molecular formula is C20H19F3N8. The van der Waals surface area contributed by atoms with Gasteiger partial charge < -0.3 is 4.90 Å². The number of aromatic nitrogens is 7. The van der Waals surface area contributed by atoms with Gasteiger partial charge in [0, 0.05) is 37.1 Å². The molecule has 0 aromatic carbocycles. The second-order valence-electron chi connectivity index (χ2n) is 7.59. The summed E-state index contributed by atoms with van der Waals surface area (Å²) >= 11 is 0. The van der Waals surface area contributed by atoms with E-state index in [-0.39, 0.29) is 6.04 Å². The van der Waals surface area contributed by atoms with E-state index in [2.05, 4.69) is 42.0 Å². The highest BCUT2D eigenvalue weighted by Crippen LogP contribution is 2.35. The molecule has 11 heteroatoms. The van der Waals surface area contributed by atoms with Gasteiger partial charge in [-0.3, -0.25) is 9.50 Å². The standard InChI is InChI=1S/C20H19F3N8/c1-12-14(13-7-27-28-8-13)3-2-6-30(12)17-4-5-24-19(29-17)15-9-26-18-10-25-16(11-31(15)18)20(21,22)23/h4-5,7-12,14H,2-3,6H2,1H3,(H,27,28). The molecule has 5 rings (SSSR count). The Morgan fingerprint density at radius 3 is 2.77 bits per heavy atom. The van der Waals surface area contributed by atoms with Crippen molar-refractivity contribution in [1.29, 1.82) is 0 Å². The fourth-order valence-electron chi connectivity index (χ4n) is 4.21. The minimum Gasteiger partial charge on any atom is -0.353 e. The van der Waals surface area contributed by atoms with E-state index in [1.165, 1.54) is 10.6 Å². The molecule has 160 valence electrons. The number of hydrogen-bond donors (Lipinski definition) is 1. The summed E-state index contributed by atoms with van der Waals surface area (Å²) in [7, 11) is 0. The number of piperidine rings is 1. The monoisotopic (exact) mass is 428 g/mol. The molecule has 0 bridgehead atoms. The van der Waals surface area contributed by atoms with Gasteiger partial charge in [-0.1, -0.05) is 0 Å². The van der Waals surface area contributed by atoms with Crippen LogP contribution in [0.25, 0.3) is 17.2 Å². The lowest BCUT2D eigenvalue weighted by Crippen LogP contribution is -2.42. The van der Waals surface area contributed by atoms with Crippen molar-refractivity contribution in [3.05, 3.63) is 54.5 Å². The lowest BCUT2D eigenvalue weighted by atomic mass is 9.86. The van der Waals surface area contributed by atoms with E-state index in [0.29, 0.717) is 23.1 Å². The zero-order chi connectivity index (χ0) is 21.6. The number of anilines is 1. The summed E-state index contributed by atoms with van der Waals surface area (Å²) in [6, 6.07) is 2.00. The van der Waals surface area contributed by atoms with E-state index in [1.54, 1.807) is 6.20 Å². The van der Waals surface area contributed by atoms with Crippen molar-refractivity contribution in [2.75, 3.05) is 11.4 Å². The summed E-state index contributed by atoms with van der Waals surface area (Å²) in [5.41, 5.74) is 0.826. The average molecular weight is 428 g/mol. The van der Waals surface area contributed by atoms with Crippen molar-refractivity contribution >= 4 is 11.5 Å². The maximum absolute atomic E-state index is 13.1.